The molecule has 0 saturated carbocycles. The van der Waals surface area contributed by atoms with E-state index in [0.717, 1.165) is 13.0 Å². The van der Waals surface area contributed by atoms with Gasteiger partial charge in [-0.3, -0.25) is 0 Å². The van der Waals surface area contributed by atoms with Gasteiger partial charge in [-0.2, -0.15) is 0 Å². The lowest BCUT2D eigenvalue weighted by atomic mass is 9.82. The molecule has 0 bridgehead atoms. The Morgan fingerprint density at radius 1 is 0.857 bits per heavy atom. The highest BCUT2D eigenvalue weighted by Crippen LogP contribution is 2.24. The summed E-state index contributed by atoms with van der Waals surface area (Å²) in [6.07, 6.45) is 7.44. The van der Waals surface area contributed by atoms with Crippen molar-refractivity contribution in [3.05, 3.63) is 0 Å². The van der Waals surface area contributed by atoms with Crippen LogP contribution in [0.25, 0.3) is 0 Å². The third-order valence-electron chi connectivity index (χ3n) is 3.87. The lowest BCUT2D eigenvalue weighted by Gasteiger charge is -2.30. The topological polar surface area (TPSA) is 53.7 Å². The van der Waals surface area contributed by atoms with E-state index in [2.05, 4.69) is 20.8 Å². The first kappa shape index (κ1) is 20.8. The molecule has 0 heterocycles. The molecule has 4 nitrogen and oxygen atoms in total. The van der Waals surface area contributed by atoms with Crippen LogP contribution in [0.15, 0.2) is 0 Å². The van der Waals surface area contributed by atoms with Crippen molar-refractivity contribution in [2.45, 2.75) is 64.8 Å². The molecule has 0 fully saturated rings. The first-order valence-corrected chi connectivity index (χ1v) is 8.45. The lowest BCUT2D eigenvalue weighted by Crippen LogP contribution is -2.41. The largest absolute Gasteiger partial charge is 0.382 e. The van der Waals surface area contributed by atoms with Gasteiger partial charge in [0.25, 0.3) is 0 Å². The van der Waals surface area contributed by atoms with Crippen LogP contribution in [0.5, 0.6) is 0 Å². The summed E-state index contributed by atoms with van der Waals surface area (Å²) in [6.45, 7) is 9.83. The van der Waals surface area contributed by atoms with Crippen LogP contribution in [0.3, 0.4) is 0 Å². The third-order valence-corrected chi connectivity index (χ3v) is 3.87. The highest BCUT2D eigenvalue weighted by molar-refractivity contribution is 4.82. The number of hydrogen-bond donors (Lipinski definition) is 1. The van der Waals surface area contributed by atoms with Gasteiger partial charge in [-0.05, 0) is 32.6 Å². The Morgan fingerprint density at radius 2 is 1.48 bits per heavy atom. The van der Waals surface area contributed by atoms with Crippen LogP contribution in [0, 0.1) is 5.92 Å². The van der Waals surface area contributed by atoms with Gasteiger partial charge in [-0.1, -0.05) is 32.6 Å². The van der Waals surface area contributed by atoms with Crippen molar-refractivity contribution >= 4 is 0 Å². The summed E-state index contributed by atoms with van der Waals surface area (Å²) in [5.41, 5.74) is 6.18. The molecule has 128 valence electrons. The van der Waals surface area contributed by atoms with E-state index in [1.54, 1.807) is 7.11 Å². The molecule has 1 unspecified atom stereocenters. The van der Waals surface area contributed by atoms with Crippen molar-refractivity contribution in [1.29, 1.82) is 0 Å². The van der Waals surface area contributed by atoms with Gasteiger partial charge in [0.05, 0.1) is 26.4 Å². The van der Waals surface area contributed by atoms with E-state index in [4.69, 9.17) is 19.9 Å². The van der Waals surface area contributed by atoms with Crippen molar-refractivity contribution in [1.82, 2.24) is 0 Å². The van der Waals surface area contributed by atoms with Gasteiger partial charge in [-0.25, -0.2) is 0 Å². The summed E-state index contributed by atoms with van der Waals surface area (Å²) in [5, 5.41) is 0. The fourth-order valence-corrected chi connectivity index (χ4v) is 2.40. The average Bonchev–Trinajstić information content (AvgIpc) is 2.42. The standard InChI is InChI=1S/C17H37NO3/c1-5-6-7-8-9-16(17(2,3)18)10-11-20-14-15-21-13-12-19-4/h16H,5-15,18H2,1-4H3. The van der Waals surface area contributed by atoms with E-state index in [-0.39, 0.29) is 5.54 Å². The molecule has 2 N–H and O–H groups in total. The maximum Gasteiger partial charge on any atom is 0.0701 e. The summed E-state index contributed by atoms with van der Waals surface area (Å²) < 4.78 is 15.9. The zero-order valence-electron chi connectivity index (χ0n) is 14.7. The predicted molar refractivity (Wildman–Crippen MR) is 88.6 cm³/mol. The molecule has 0 spiro atoms. The van der Waals surface area contributed by atoms with Crippen molar-refractivity contribution in [2.75, 3.05) is 40.1 Å². The van der Waals surface area contributed by atoms with Gasteiger partial charge < -0.3 is 19.9 Å². The minimum Gasteiger partial charge on any atom is -0.382 e. The highest BCUT2D eigenvalue weighted by atomic mass is 16.5. The number of methoxy groups -OCH3 is 1. The maximum atomic E-state index is 6.30. The van der Waals surface area contributed by atoms with Crippen molar-refractivity contribution in [3.63, 3.8) is 0 Å². The monoisotopic (exact) mass is 303 g/mol. The second-order valence-corrected chi connectivity index (χ2v) is 6.37. The Kier molecular flexibility index (Phi) is 13.4. The Labute approximate surface area is 131 Å². The van der Waals surface area contributed by atoms with Gasteiger partial charge in [0.2, 0.25) is 0 Å². The number of nitrogens with two attached hydrogens (primary N) is 1. The first-order chi connectivity index (χ1) is 10.0. The van der Waals surface area contributed by atoms with Crippen LogP contribution in [0.1, 0.15) is 59.3 Å². The van der Waals surface area contributed by atoms with Gasteiger partial charge >= 0.3 is 0 Å². The van der Waals surface area contributed by atoms with E-state index in [1.165, 1.54) is 32.1 Å². The summed E-state index contributed by atoms with van der Waals surface area (Å²) in [7, 11) is 1.68. The summed E-state index contributed by atoms with van der Waals surface area (Å²) in [5.74, 6) is 0.531. The molecular formula is C17H37NO3. The lowest BCUT2D eigenvalue weighted by molar-refractivity contribution is 0.0196. The smallest absolute Gasteiger partial charge is 0.0701 e. The SMILES string of the molecule is CCCCCCC(CCOCCOCCOC)C(C)(C)N. The van der Waals surface area contributed by atoms with Crippen LogP contribution in [0.4, 0.5) is 0 Å². The van der Waals surface area contributed by atoms with Crippen LogP contribution in [-0.2, 0) is 14.2 Å². The summed E-state index contributed by atoms with van der Waals surface area (Å²) >= 11 is 0. The molecule has 21 heavy (non-hydrogen) atoms. The molecule has 1 atom stereocenters. The predicted octanol–water partition coefficient (Wildman–Crippen LogP) is 3.38. The molecule has 0 aliphatic rings. The molecule has 0 amide bonds. The number of unbranched alkanes of at least 4 members (excludes halogenated alkanes) is 3. The molecular weight excluding hydrogens is 266 g/mol. The second kappa shape index (κ2) is 13.5. The van der Waals surface area contributed by atoms with Crippen molar-refractivity contribution in [2.24, 2.45) is 11.7 Å². The molecule has 0 aliphatic heterocycles. The summed E-state index contributed by atoms with van der Waals surface area (Å²) in [4.78, 5) is 0. The minimum absolute atomic E-state index is 0.120. The molecule has 0 aromatic rings. The van der Waals surface area contributed by atoms with Gasteiger partial charge in [0.15, 0.2) is 0 Å². The van der Waals surface area contributed by atoms with E-state index in [1.807, 2.05) is 0 Å². The van der Waals surface area contributed by atoms with E-state index in [9.17, 15) is 0 Å². The minimum atomic E-state index is -0.120. The van der Waals surface area contributed by atoms with Crippen LogP contribution in [-0.4, -0.2) is 45.7 Å². The number of hydrogen-bond acceptors (Lipinski definition) is 4. The average molecular weight is 303 g/mol. The van der Waals surface area contributed by atoms with Crippen molar-refractivity contribution in [3.8, 4) is 0 Å². The van der Waals surface area contributed by atoms with Gasteiger partial charge in [0.1, 0.15) is 0 Å². The molecule has 0 radical (unpaired) electrons. The van der Waals surface area contributed by atoms with Crippen LogP contribution >= 0.6 is 0 Å². The third kappa shape index (κ3) is 13.2. The van der Waals surface area contributed by atoms with Crippen LogP contribution in [0.2, 0.25) is 0 Å². The number of ether oxygens (including phenoxy) is 3. The number of rotatable bonds is 15. The molecule has 0 aliphatic carbocycles. The van der Waals surface area contributed by atoms with E-state index in [0.29, 0.717) is 32.3 Å². The normalized spacial score (nSPS) is 13.6. The molecule has 0 saturated heterocycles. The van der Waals surface area contributed by atoms with E-state index >= 15 is 0 Å². The fourth-order valence-electron chi connectivity index (χ4n) is 2.40. The Bertz CT molecular complexity index is 217. The highest BCUT2D eigenvalue weighted by Gasteiger charge is 2.24. The molecule has 4 heteroatoms. The van der Waals surface area contributed by atoms with E-state index < -0.39 is 0 Å². The van der Waals surface area contributed by atoms with Crippen molar-refractivity contribution < 1.29 is 14.2 Å². The summed E-state index contributed by atoms with van der Waals surface area (Å²) in [6, 6.07) is 0. The Morgan fingerprint density at radius 3 is 2.05 bits per heavy atom. The van der Waals surface area contributed by atoms with Gasteiger partial charge in [-0.15, -0.1) is 0 Å². The second-order valence-electron chi connectivity index (χ2n) is 6.37. The molecule has 0 aromatic heterocycles. The first-order valence-electron chi connectivity index (χ1n) is 8.45. The zero-order valence-corrected chi connectivity index (χ0v) is 14.7. The molecule has 0 rings (SSSR count). The quantitative estimate of drug-likeness (QED) is 0.471. The zero-order chi connectivity index (χ0) is 16.0. The Balaban J connectivity index is 3.67. The van der Waals surface area contributed by atoms with Gasteiger partial charge in [0, 0.05) is 19.3 Å². The fraction of sp³-hybridized carbons (Fsp3) is 1.00. The Hall–Kier alpha value is -0.160. The van der Waals surface area contributed by atoms with Crippen LogP contribution < -0.4 is 5.73 Å². The maximum absolute atomic E-state index is 6.30. The molecule has 0 aromatic carbocycles.